The fourth-order valence-electron chi connectivity index (χ4n) is 4.61. The van der Waals surface area contributed by atoms with Crippen molar-refractivity contribution in [1.29, 1.82) is 0 Å². The Balaban J connectivity index is 1.50. The van der Waals surface area contributed by atoms with Gasteiger partial charge in [-0.1, -0.05) is 36.4 Å². The Morgan fingerprint density at radius 2 is 1.68 bits per heavy atom. The zero-order valence-corrected chi connectivity index (χ0v) is 22.1. The Morgan fingerprint density at radius 1 is 0.900 bits per heavy atom. The first-order valence-corrected chi connectivity index (χ1v) is 13.8. The number of nitrogens with one attached hydrogen (secondary N) is 2. The van der Waals surface area contributed by atoms with Gasteiger partial charge in [0.25, 0.3) is 10.0 Å². The topological polar surface area (TPSA) is 101 Å². The maximum atomic E-state index is 14.3. The normalized spacial score (nSPS) is 12.2. The van der Waals surface area contributed by atoms with Crippen molar-refractivity contribution in [2.45, 2.75) is 17.7 Å². The summed E-state index contributed by atoms with van der Waals surface area (Å²) in [7, 11) is -4.16. The first-order chi connectivity index (χ1) is 19.2. The molecule has 0 fully saturated rings. The molecule has 2 heterocycles. The van der Waals surface area contributed by atoms with Crippen molar-refractivity contribution in [1.82, 2.24) is 20.0 Å². The van der Waals surface area contributed by atoms with Crippen LogP contribution in [0, 0.1) is 18.6 Å². The van der Waals surface area contributed by atoms with Crippen LogP contribution in [0.1, 0.15) is 22.7 Å². The zero-order chi connectivity index (χ0) is 28.3. The number of amides is 2. The molecule has 2 aromatic heterocycles. The van der Waals surface area contributed by atoms with E-state index in [0.29, 0.717) is 16.8 Å². The SMILES string of the molecule is Cc1ccccc1S(=O)(=O)NC(=O)NCC(c1cc(F)cc(F)c1)c1ncccc1-c1ccc2ccncc2c1. The van der Waals surface area contributed by atoms with Crippen molar-refractivity contribution in [2.24, 2.45) is 0 Å². The molecule has 202 valence electrons. The Hall–Kier alpha value is -4.70. The van der Waals surface area contributed by atoms with Gasteiger partial charge in [-0.05, 0) is 65.4 Å². The predicted octanol–water partition coefficient (Wildman–Crippen LogP) is 5.70. The zero-order valence-electron chi connectivity index (χ0n) is 21.3. The van der Waals surface area contributed by atoms with Crippen LogP contribution in [0.15, 0.2) is 102 Å². The van der Waals surface area contributed by atoms with Crippen molar-refractivity contribution in [3.63, 3.8) is 0 Å². The average Bonchev–Trinajstić information content (AvgIpc) is 2.92. The van der Waals surface area contributed by atoms with E-state index in [1.807, 2.05) is 35.1 Å². The fraction of sp³-hybridized carbons (Fsp3) is 0.100. The van der Waals surface area contributed by atoms with Crippen LogP contribution in [-0.2, 0) is 10.0 Å². The summed E-state index contributed by atoms with van der Waals surface area (Å²) in [5.74, 6) is -2.40. The molecule has 0 bridgehead atoms. The van der Waals surface area contributed by atoms with Gasteiger partial charge >= 0.3 is 6.03 Å². The summed E-state index contributed by atoms with van der Waals surface area (Å²) in [6.07, 6.45) is 4.98. The predicted molar refractivity (Wildman–Crippen MR) is 148 cm³/mol. The lowest BCUT2D eigenvalue weighted by Gasteiger charge is -2.21. The van der Waals surface area contributed by atoms with E-state index in [1.165, 1.54) is 18.2 Å². The number of urea groups is 1. The average molecular weight is 559 g/mol. The molecule has 10 heteroatoms. The van der Waals surface area contributed by atoms with Gasteiger partial charge in [0.05, 0.1) is 10.6 Å². The molecule has 40 heavy (non-hydrogen) atoms. The number of pyridine rings is 2. The minimum atomic E-state index is -4.16. The van der Waals surface area contributed by atoms with Gasteiger partial charge in [0.2, 0.25) is 0 Å². The fourth-order valence-corrected chi connectivity index (χ4v) is 5.78. The van der Waals surface area contributed by atoms with Gasteiger partial charge in [-0.25, -0.2) is 26.7 Å². The summed E-state index contributed by atoms with van der Waals surface area (Å²) in [6.45, 7) is 1.42. The second-order valence-corrected chi connectivity index (χ2v) is 10.9. The Bertz CT molecular complexity index is 1810. The molecule has 3 aromatic carbocycles. The van der Waals surface area contributed by atoms with Gasteiger partial charge in [-0.3, -0.25) is 9.97 Å². The number of carbonyl (C=O) groups is 1. The van der Waals surface area contributed by atoms with E-state index in [2.05, 4.69) is 15.3 Å². The van der Waals surface area contributed by atoms with E-state index in [1.54, 1.807) is 49.8 Å². The van der Waals surface area contributed by atoms with Crippen LogP contribution in [0.5, 0.6) is 0 Å². The van der Waals surface area contributed by atoms with E-state index in [4.69, 9.17) is 0 Å². The maximum absolute atomic E-state index is 14.3. The second-order valence-electron chi connectivity index (χ2n) is 9.21. The minimum Gasteiger partial charge on any atom is -0.336 e. The third-order valence-corrected chi connectivity index (χ3v) is 7.98. The number of carbonyl (C=O) groups excluding carboxylic acids is 1. The van der Waals surface area contributed by atoms with Crippen molar-refractivity contribution < 1.29 is 22.0 Å². The standard InChI is InChI=1S/C30H24F2N4O3S/c1-19-5-2-3-7-28(19)40(38,39)36-30(37)35-18-27(22-14-24(31)16-25(32)15-22)29-26(6-4-11-34-29)21-9-8-20-10-12-33-17-23(20)13-21/h2-17,27H,18H2,1H3,(H2,35,36,37). The molecular formula is C30H24F2N4O3S. The molecule has 0 saturated carbocycles. The van der Waals surface area contributed by atoms with Crippen LogP contribution in [0.4, 0.5) is 13.6 Å². The molecule has 5 aromatic rings. The molecule has 0 aliphatic heterocycles. The van der Waals surface area contributed by atoms with E-state index in [-0.39, 0.29) is 17.0 Å². The summed E-state index contributed by atoms with van der Waals surface area (Å²) in [4.78, 5) is 21.4. The Labute approximate surface area is 230 Å². The quantitative estimate of drug-likeness (QED) is 0.267. The van der Waals surface area contributed by atoms with Crippen molar-refractivity contribution in [3.8, 4) is 11.1 Å². The van der Waals surface area contributed by atoms with Crippen LogP contribution >= 0.6 is 0 Å². The number of halogens is 2. The van der Waals surface area contributed by atoms with Crippen LogP contribution in [0.3, 0.4) is 0 Å². The van der Waals surface area contributed by atoms with Crippen molar-refractivity contribution in [2.75, 3.05) is 6.54 Å². The lowest BCUT2D eigenvalue weighted by Crippen LogP contribution is -2.41. The Kier molecular flexibility index (Phi) is 7.52. The first-order valence-electron chi connectivity index (χ1n) is 12.3. The number of hydrogen-bond acceptors (Lipinski definition) is 5. The molecule has 2 amide bonds. The van der Waals surface area contributed by atoms with Crippen LogP contribution in [-0.4, -0.2) is 31.0 Å². The highest BCUT2D eigenvalue weighted by molar-refractivity contribution is 7.90. The summed E-state index contributed by atoms with van der Waals surface area (Å²) in [5.41, 5.74) is 2.61. The first kappa shape index (κ1) is 26.9. The number of fused-ring (bicyclic) bond motifs is 1. The molecule has 7 nitrogen and oxygen atoms in total. The van der Waals surface area contributed by atoms with Gasteiger partial charge < -0.3 is 5.32 Å². The van der Waals surface area contributed by atoms with E-state index < -0.39 is 33.6 Å². The summed E-state index contributed by atoms with van der Waals surface area (Å²) in [5, 5.41) is 4.43. The van der Waals surface area contributed by atoms with Crippen LogP contribution < -0.4 is 10.0 Å². The van der Waals surface area contributed by atoms with E-state index in [0.717, 1.165) is 22.4 Å². The Morgan fingerprint density at radius 3 is 2.45 bits per heavy atom. The highest BCUT2D eigenvalue weighted by atomic mass is 32.2. The largest absolute Gasteiger partial charge is 0.336 e. The summed E-state index contributed by atoms with van der Waals surface area (Å²) in [6, 6.07) is 19.6. The lowest BCUT2D eigenvalue weighted by molar-refractivity contribution is 0.245. The molecular weight excluding hydrogens is 534 g/mol. The number of sulfonamides is 1. The molecule has 0 saturated heterocycles. The van der Waals surface area contributed by atoms with Gasteiger partial charge in [-0.2, -0.15) is 0 Å². The van der Waals surface area contributed by atoms with Crippen molar-refractivity contribution in [3.05, 3.63) is 126 Å². The molecule has 5 rings (SSSR count). The molecule has 0 aliphatic carbocycles. The highest BCUT2D eigenvalue weighted by Gasteiger charge is 2.24. The third-order valence-electron chi connectivity index (χ3n) is 6.48. The van der Waals surface area contributed by atoms with E-state index in [9.17, 15) is 22.0 Å². The molecule has 0 aliphatic rings. The number of aryl methyl sites for hydroxylation is 1. The minimum absolute atomic E-state index is 0.0355. The van der Waals surface area contributed by atoms with Gasteiger partial charge in [0, 0.05) is 48.1 Å². The number of aromatic nitrogens is 2. The lowest BCUT2D eigenvalue weighted by atomic mass is 9.89. The monoisotopic (exact) mass is 558 g/mol. The molecule has 0 radical (unpaired) electrons. The number of hydrogen-bond donors (Lipinski definition) is 2. The number of nitrogens with zero attached hydrogens (tertiary/aromatic N) is 2. The molecule has 1 unspecified atom stereocenters. The summed E-state index contributed by atoms with van der Waals surface area (Å²) < 4.78 is 56.2. The number of benzene rings is 3. The van der Waals surface area contributed by atoms with Gasteiger partial charge in [0.1, 0.15) is 11.6 Å². The van der Waals surface area contributed by atoms with Gasteiger partial charge in [0.15, 0.2) is 0 Å². The molecule has 0 spiro atoms. The summed E-state index contributed by atoms with van der Waals surface area (Å²) >= 11 is 0. The highest BCUT2D eigenvalue weighted by Crippen LogP contribution is 2.33. The van der Waals surface area contributed by atoms with Crippen LogP contribution in [0.25, 0.3) is 21.9 Å². The number of rotatable bonds is 7. The van der Waals surface area contributed by atoms with Gasteiger partial charge in [-0.15, -0.1) is 0 Å². The smallest absolute Gasteiger partial charge is 0.328 e. The maximum Gasteiger partial charge on any atom is 0.328 e. The van der Waals surface area contributed by atoms with Crippen molar-refractivity contribution >= 4 is 26.8 Å². The molecule has 2 N–H and O–H groups in total. The second kappa shape index (κ2) is 11.2. The molecule has 1 atom stereocenters. The van der Waals surface area contributed by atoms with E-state index >= 15 is 0 Å². The van der Waals surface area contributed by atoms with Crippen LogP contribution in [0.2, 0.25) is 0 Å². The third kappa shape index (κ3) is 5.81.